The van der Waals surface area contributed by atoms with E-state index in [-0.39, 0.29) is 5.91 Å². The van der Waals surface area contributed by atoms with Crippen LogP contribution in [0.4, 0.5) is 11.4 Å². The van der Waals surface area contributed by atoms with Gasteiger partial charge in [-0.05, 0) is 36.8 Å². The van der Waals surface area contributed by atoms with Gasteiger partial charge in [0.15, 0.2) is 0 Å². The number of carbonyl (C=O) groups is 1. The highest BCUT2D eigenvalue weighted by atomic mass is 16.5. The Bertz CT molecular complexity index is 611. The van der Waals surface area contributed by atoms with Crippen LogP contribution >= 0.6 is 0 Å². The summed E-state index contributed by atoms with van der Waals surface area (Å²) in [7, 11) is 1.51. The Morgan fingerprint density at radius 3 is 2.79 bits per heavy atom. The first-order valence-electron chi connectivity index (χ1n) is 5.76. The number of nitrogens with one attached hydrogen (secondary N) is 1. The van der Waals surface area contributed by atoms with E-state index in [1.54, 1.807) is 30.6 Å². The standard InChI is InChI=1S/C14H15N3O2/c1-9-5-11(8-16-7-9)17-14(18)12-6-10(15)3-4-13(12)19-2/h3-8H,15H2,1-2H3,(H,17,18). The molecule has 0 aliphatic carbocycles. The average molecular weight is 257 g/mol. The maximum atomic E-state index is 12.2. The molecule has 19 heavy (non-hydrogen) atoms. The van der Waals surface area contributed by atoms with Crippen molar-refractivity contribution in [1.29, 1.82) is 0 Å². The van der Waals surface area contributed by atoms with Crippen molar-refractivity contribution in [2.45, 2.75) is 6.92 Å². The summed E-state index contributed by atoms with van der Waals surface area (Å²) >= 11 is 0. The van der Waals surface area contributed by atoms with Crippen molar-refractivity contribution in [3.05, 3.63) is 47.8 Å². The molecule has 3 N–H and O–H groups in total. The number of nitrogens with two attached hydrogens (primary N) is 1. The minimum absolute atomic E-state index is 0.281. The number of aromatic nitrogens is 1. The molecule has 1 amide bonds. The summed E-state index contributed by atoms with van der Waals surface area (Å²) in [5, 5.41) is 2.76. The lowest BCUT2D eigenvalue weighted by Gasteiger charge is -2.10. The van der Waals surface area contributed by atoms with E-state index in [1.165, 1.54) is 7.11 Å². The van der Waals surface area contributed by atoms with Crippen LogP contribution in [0, 0.1) is 6.92 Å². The van der Waals surface area contributed by atoms with Crippen molar-refractivity contribution in [2.24, 2.45) is 0 Å². The van der Waals surface area contributed by atoms with Crippen molar-refractivity contribution < 1.29 is 9.53 Å². The Morgan fingerprint density at radius 2 is 2.11 bits per heavy atom. The summed E-state index contributed by atoms with van der Waals surface area (Å²) in [6, 6.07) is 6.77. The largest absolute Gasteiger partial charge is 0.496 e. The minimum atomic E-state index is -0.281. The monoisotopic (exact) mass is 257 g/mol. The molecule has 1 heterocycles. The van der Waals surface area contributed by atoms with Gasteiger partial charge in [0.25, 0.3) is 5.91 Å². The summed E-state index contributed by atoms with van der Waals surface area (Å²) in [6.45, 7) is 1.91. The third kappa shape index (κ3) is 3.01. The molecule has 0 fully saturated rings. The summed E-state index contributed by atoms with van der Waals surface area (Å²) in [5.74, 6) is 0.198. The van der Waals surface area contributed by atoms with Gasteiger partial charge < -0.3 is 15.8 Å². The van der Waals surface area contributed by atoms with Crippen molar-refractivity contribution >= 4 is 17.3 Å². The molecule has 98 valence electrons. The topological polar surface area (TPSA) is 77.2 Å². The molecule has 0 atom stereocenters. The van der Waals surface area contributed by atoms with Gasteiger partial charge in [-0.1, -0.05) is 0 Å². The Kier molecular flexibility index (Phi) is 3.66. The Morgan fingerprint density at radius 1 is 1.32 bits per heavy atom. The number of hydrogen-bond donors (Lipinski definition) is 2. The second kappa shape index (κ2) is 5.39. The summed E-state index contributed by atoms with van der Waals surface area (Å²) < 4.78 is 5.15. The van der Waals surface area contributed by atoms with Gasteiger partial charge in [-0.2, -0.15) is 0 Å². The zero-order valence-electron chi connectivity index (χ0n) is 10.8. The second-order valence-corrected chi connectivity index (χ2v) is 4.16. The number of nitrogens with zero attached hydrogens (tertiary/aromatic N) is 1. The number of rotatable bonds is 3. The van der Waals surface area contributed by atoms with E-state index >= 15 is 0 Å². The van der Waals surface area contributed by atoms with Gasteiger partial charge in [-0.15, -0.1) is 0 Å². The summed E-state index contributed by atoms with van der Waals surface area (Å²) in [4.78, 5) is 16.2. The average Bonchev–Trinajstić information content (AvgIpc) is 2.38. The molecule has 0 spiro atoms. The zero-order valence-corrected chi connectivity index (χ0v) is 10.8. The van der Waals surface area contributed by atoms with Gasteiger partial charge in [-0.25, -0.2) is 0 Å². The molecule has 1 aromatic heterocycles. The number of amides is 1. The molecule has 1 aromatic carbocycles. The van der Waals surface area contributed by atoms with E-state index in [1.807, 2.05) is 13.0 Å². The van der Waals surface area contributed by atoms with Crippen LogP contribution in [0.2, 0.25) is 0 Å². The van der Waals surface area contributed by atoms with Crippen LogP contribution in [0.1, 0.15) is 15.9 Å². The number of carbonyl (C=O) groups excluding carboxylic acids is 1. The molecular formula is C14H15N3O2. The molecule has 0 aliphatic heterocycles. The number of ether oxygens (including phenoxy) is 1. The first-order valence-corrected chi connectivity index (χ1v) is 5.76. The van der Waals surface area contributed by atoms with Crippen LogP contribution in [0.25, 0.3) is 0 Å². The first kappa shape index (κ1) is 12.9. The van der Waals surface area contributed by atoms with Crippen LogP contribution in [-0.4, -0.2) is 18.0 Å². The van der Waals surface area contributed by atoms with E-state index in [0.29, 0.717) is 22.7 Å². The minimum Gasteiger partial charge on any atom is -0.496 e. The third-order valence-corrected chi connectivity index (χ3v) is 2.60. The molecule has 0 aliphatic rings. The smallest absolute Gasteiger partial charge is 0.259 e. The fourth-order valence-electron chi connectivity index (χ4n) is 1.72. The first-order chi connectivity index (χ1) is 9.10. The summed E-state index contributed by atoms with van der Waals surface area (Å²) in [6.07, 6.45) is 3.31. The van der Waals surface area contributed by atoms with Gasteiger partial charge >= 0.3 is 0 Å². The number of nitrogen functional groups attached to an aromatic ring is 1. The summed E-state index contributed by atoms with van der Waals surface area (Å²) in [5.41, 5.74) is 8.19. The van der Waals surface area contributed by atoms with Crippen molar-refractivity contribution in [3.8, 4) is 5.75 Å². The SMILES string of the molecule is COc1ccc(N)cc1C(=O)Nc1cncc(C)c1. The molecule has 2 aromatic rings. The highest BCUT2D eigenvalue weighted by Crippen LogP contribution is 2.22. The zero-order chi connectivity index (χ0) is 13.8. The normalized spacial score (nSPS) is 10.0. The highest BCUT2D eigenvalue weighted by molar-refractivity contribution is 6.06. The number of benzene rings is 1. The quantitative estimate of drug-likeness (QED) is 0.827. The maximum Gasteiger partial charge on any atom is 0.259 e. The van der Waals surface area contributed by atoms with Crippen LogP contribution in [0.3, 0.4) is 0 Å². The molecule has 0 radical (unpaired) electrons. The Hall–Kier alpha value is -2.56. The van der Waals surface area contributed by atoms with Gasteiger partial charge in [0.05, 0.1) is 24.6 Å². The van der Waals surface area contributed by atoms with Crippen LogP contribution < -0.4 is 15.8 Å². The molecule has 0 saturated carbocycles. The molecule has 5 heteroatoms. The molecule has 5 nitrogen and oxygen atoms in total. The van der Waals surface area contributed by atoms with Crippen molar-refractivity contribution in [1.82, 2.24) is 4.98 Å². The predicted octanol–water partition coefficient (Wildman–Crippen LogP) is 2.23. The fourth-order valence-corrected chi connectivity index (χ4v) is 1.72. The third-order valence-electron chi connectivity index (χ3n) is 2.60. The Balaban J connectivity index is 2.27. The van der Waals surface area contributed by atoms with E-state index in [0.717, 1.165) is 5.56 Å². The predicted molar refractivity (Wildman–Crippen MR) is 74.3 cm³/mol. The molecule has 2 rings (SSSR count). The maximum absolute atomic E-state index is 12.2. The molecular weight excluding hydrogens is 242 g/mol. The lowest BCUT2D eigenvalue weighted by atomic mass is 10.1. The number of hydrogen-bond acceptors (Lipinski definition) is 4. The van der Waals surface area contributed by atoms with Gasteiger partial charge in [0.1, 0.15) is 5.75 Å². The van der Waals surface area contributed by atoms with Crippen LogP contribution in [0.5, 0.6) is 5.75 Å². The van der Waals surface area contributed by atoms with Crippen molar-refractivity contribution in [3.63, 3.8) is 0 Å². The number of aryl methyl sites for hydroxylation is 1. The fraction of sp³-hybridized carbons (Fsp3) is 0.143. The van der Waals surface area contributed by atoms with Crippen molar-refractivity contribution in [2.75, 3.05) is 18.2 Å². The van der Waals surface area contributed by atoms with E-state index in [9.17, 15) is 4.79 Å². The van der Waals surface area contributed by atoms with E-state index < -0.39 is 0 Å². The molecule has 0 bridgehead atoms. The lowest BCUT2D eigenvalue weighted by Crippen LogP contribution is -2.13. The van der Waals surface area contributed by atoms with E-state index in [4.69, 9.17) is 10.5 Å². The highest BCUT2D eigenvalue weighted by Gasteiger charge is 2.13. The van der Waals surface area contributed by atoms with Crippen LogP contribution in [0.15, 0.2) is 36.7 Å². The lowest BCUT2D eigenvalue weighted by molar-refractivity contribution is 0.102. The second-order valence-electron chi connectivity index (χ2n) is 4.16. The molecule has 0 unspecified atom stereocenters. The van der Waals surface area contributed by atoms with Gasteiger partial charge in [0.2, 0.25) is 0 Å². The van der Waals surface area contributed by atoms with Crippen LogP contribution in [-0.2, 0) is 0 Å². The van der Waals surface area contributed by atoms with Gasteiger partial charge in [-0.3, -0.25) is 9.78 Å². The molecule has 0 saturated heterocycles. The van der Waals surface area contributed by atoms with E-state index in [2.05, 4.69) is 10.3 Å². The van der Waals surface area contributed by atoms with Gasteiger partial charge in [0, 0.05) is 11.9 Å². The number of anilines is 2. The number of pyridine rings is 1. The Labute approximate surface area is 111 Å². The number of methoxy groups -OCH3 is 1.